The average molecular weight is 372 g/mol. The first-order valence-electron chi connectivity index (χ1n) is 9.04. The topological polar surface area (TPSA) is 58.8 Å². The van der Waals surface area contributed by atoms with E-state index in [-0.39, 0.29) is 0 Å². The van der Waals surface area contributed by atoms with Crippen LogP contribution in [0.25, 0.3) is 17.0 Å². The lowest BCUT2D eigenvalue weighted by molar-refractivity contribution is 0.0578. The van der Waals surface area contributed by atoms with Crippen molar-refractivity contribution in [2.24, 2.45) is 0 Å². The molecule has 0 N–H and O–H groups in total. The third-order valence-electron chi connectivity index (χ3n) is 4.58. The summed E-state index contributed by atoms with van der Waals surface area (Å²) in [4.78, 5) is 4.78. The molecule has 0 saturated carbocycles. The van der Waals surface area contributed by atoms with E-state index < -0.39 is 0 Å². The zero-order valence-electron chi connectivity index (χ0n) is 15.2. The molecule has 0 amide bonds. The Hall–Kier alpha value is -2.03. The zero-order chi connectivity index (χ0) is 17.9. The summed E-state index contributed by atoms with van der Waals surface area (Å²) >= 11 is 1.65. The zero-order valence-corrected chi connectivity index (χ0v) is 16.0. The van der Waals surface area contributed by atoms with Crippen LogP contribution in [0.3, 0.4) is 0 Å². The molecule has 0 spiro atoms. The van der Waals surface area contributed by atoms with Crippen molar-refractivity contribution in [1.82, 2.24) is 24.7 Å². The molecule has 4 rings (SSSR count). The lowest BCUT2D eigenvalue weighted by atomic mass is 10.3. The van der Waals surface area contributed by atoms with Gasteiger partial charge in [0.25, 0.3) is 0 Å². The van der Waals surface area contributed by atoms with E-state index in [9.17, 15) is 0 Å². The largest absolute Gasteiger partial charge is 0.377 e. The van der Waals surface area contributed by atoms with Crippen LogP contribution < -0.4 is 4.90 Å². The summed E-state index contributed by atoms with van der Waals surface area (Å²) in [7, 11) is 0. The fourth-order valence-electron chi connectivity index (χ4n) is 3.14. The predicted octanol–water partition coefficient (Wildman–Crippen LogP) is 2.40. The van der Waals surface area contributed by atoms with E-state index in [1.165, 1.54) is 0 Å². The first kappa shape index (κ1) is 17.4. The highest BCUT2D eigenvalue weighted by Gasteiger charge is 2.19. The van der Waals surface area contributed by atoms with Gasteiger partial charge in [-0.15, -0.1) is 15.3 Å². The normalized spacial score (nSPS) is 16.0. The van der Waals surface area contributed by atoms with E-state index in [4.69, 9.17) is 9.84 Å². The van der Waals surface area contributed by atoms with Gasteiger partial charge in [0.1, 0.15) is 5.82 Å². The van der Waals surface area contributed by atoms with Crippen molar-refractivity contribution >= 4 is 22.8 Å². The van der Waals surface area contributed by atoms with E-state index in [1.807, 2.05) is 28.1 Å². The van der Waals surface area contributed by atoms with Crippen LogP contribution in [0.15, 0.2) is 29.0 Å². The molecule has 0 radical (unpaired) electrons. The number of anilines is 1. The van der Waals surface area contributed by atoms with E-state index in [0.29, 0.717) is 6.10 Å². The monoisotopic (exact) mass is 372 g/mol. The number of ether oxygens (including phenoxy) is 1. The van der Waals surface area contributed by atoms with Gasteiger partial charge < -0.3 is 9.64 Å². The Labute approximate surface area is 157 Å². The number of fused-ring (bicyclic) bond motifs is 1. The number of nitrogens with zero attached hydrogens (tertiary/aromatic N) is 6. The van der Waals surface area contributed by atoms with Gasteiger partial charge in [0.05, 0.1) is 12.7 Å². The van der Waals surface area contributed by atoms with Gasteiger partial charge >= 0.3 is 0 Å². The number of thiophene rings is 1. The van der Waals surface area contributed by atoms with Gasteiger partial charge in [-0.05, 0) is 37.4 Å². The van der Waals surface area contributed by atoms with Gasteiger partial charge in [-0.1, -0.05) is 0 Å². The molecule has 138 valence electrons. The van der Waals surface area contributed by atoms with Gasteiger partial charge in [0.15, 0.2) is 11.5 Å². The van der Waals surface area contributed by atoms with Crippen molar-refractivity contribution < 1.29 is 4.74 Å². The van der Waals surface area contributed by atoms with Gasteiger partial charge in [0, 0.05) is 43.7 Å². The van der Waals surface area contributed by atoms with Crippen LogP contribution in [0.5, 0.6) is 0 Å². The Morgan fingerprint density at radius 1 is 1.12 bits per heavy atom. The minimum Gasteiger partial charge on any atom is -0.377 e. The van der Waals surface area contributed by atoms with Gasteiger partial charge in [0.2, 0.25) is 0 Å². The molecule has 1 saturated heterocycles. The quantitative estimate of drug-likeness (QED) is 0.662. The molecular formula is C18H24N6OS. The standard InChI is InChI=1S/C18H24N6OS/c1-14(2)25-11-10-22-6-8-23(9-7-22)17-4-3-16-19-20-18(24(16)21-17)15-5-12-26-13-15/h3-5,12-14H,6-11H2,1-2H3. The molecular weight excluding hydrogens is 348 g/mol. The Morgan fingerprint density at radius 3 is 2.69 bits per heavy atom. The molecule has 3 aromatic rings. The summed E-state index contributed by atoms with van der Waals surface area (Å²) in [5.74, 6) is 1.78. The van der Waals surface area contributed by atoms with Crippen molar-refractivity contribution in [3.63, 3.8) is 0 Å². The second kappa shape index (κ2) is 7.69. The fraction of sp³-hybridized carbons (Fsp3) is 0.500. The highest BCUT2D eigenvalue weighted by molar-refractivity contribution is 7.08. The summed E-state index contributed by atoms with van der Waals surface area (Å²) in [6, 6.07) is 6.08. The number of hydrogen-bond donors (Lipinski definition) is 0. The maximum Gasteiger partial charge on any atom is 0.186 e. The summed E-state index contributed by atoms with van der Waals surface area (Å²) in [6.45, 7) is 9.94. The van der Waals surface area contributed by atoms with Crippen molar-refractivity contribution in [1.29, 1.82) is 0 Å². The predicted molar refractivity (Wildman–Crippen MR) is 104 cm³/mol. The molecule has 4 heterocycles. The van der Waals surface area contributed by atoms with Crippen LogP contribution in [-0.4, -0.2) is 70.1 Å². The molecule has 0 unspecified atom stereocenters. The smallest absolute Gasteiger partial charge is 0.186 e. The van der Waals surface area contributed by atoms with Crippen molar-refractivity contribution in [2.75, 3.05) is 44.2 Å². The van der Waals surface area contributed by atoms with Crippen LogP contribution in [-0.2, 0) is 4.74 Å². The second-order valence-corrected chi connectivity index (χ2v) is 7.53. The SMILES string of the molecule is CC(C)OCCN1CCN(c2ccc3nnc(-c4ccsc4)n3n2)CC1. The molecule has 0 atom stereocenters. The second-order valence-electron chi connectivity index (χ2n) is 6.75. The molecule has 8 heteroatoms. The van der Waals surface area contributed by atoms with Gasteiger partial charge in [-0.25, -0.2) is 0 Å². The maximum absolute atomic E-state index is 5.66. The van der Waals surface area contributed by atoms with Crippen LogP contribution in [0.4, 0.5) is 5.82 Å². The lowest BCUT2D eigenvalue weighted by Crippen LogP contribution is -2.47. The van der Waals surface area contributed by atoms with Gasteiger partial charge in [-0.2, -0.15) is 15.9 Å². The van der Waals surface area contributed by atoms with Crippen molar-refractivity contribution in [3.8, 4) is 11.4 Å². The average Bonchev–Trinajstić information content (AvgIpc) is 3.31. The van der Waals surface area contributed by atoms with Crippen LogP contribution in [0.1, 0.15) is 13.8 Å². The molecule has 0 aromatic carbocycles. The molecule has 3 aromatic heterocycles. The highest BCUT2D eigenvalue weighted by Crippen LogP contribution is 2.22. The minimum atomic E-state index is 0.299. The molecule has 0 aliphatic carbocycles. The Kier molecular flexibility index (Phi) is 5.14. The molecule has 1 fully saturated rings. The number of rotatable bonds is 6. The number of aromatic nitrogens is 4. The molecule has 7 nitrogen and oxygen atoms in total. The Morgan fingerprint density at radius 2 is 1.96 bits per heavy atom. The molecule has 1 aliphatic rings. The summed E-state index contributed by atoms with van der Waals surface area (Å²) in [6.07, 6.45) is 0.299. The van der Waals surface area contributed by atoms with E-state index in [0.717, 1.165) is 62.2 Å². The van der Waals surface area contributed by atoms with Crippen LogP contribution in [0, 0.1) is 0 Å². The van der Waals surface area contributed by atoms with Crippen molar-refractivity contribution in [2.45, 2.75) is 20.0 Å². The van der Waals surface area contributed by atoms with Crippen molar-refractivity contribution in [3.05, 3.63) is 29.0 Å². The third-order valence-corrected chi connectivity index (χ3v) is 5.27. The maximum atomic E-state index is 5.66. The third kappa shape index (κ3) is 3.72. The number of piperazine rings is 1. The number of hydrogen-bond acceptors (Lipinski definition) is 7. The first-order chi connectivity index (χ1) is 12.7. The Balaban J connectivity index is 1.44. The molecule has 1 aliphatic heterocycles. The van der Waals surface area contributed by atoms with E-state index in [2.05, 4.69) is 39.2 Å². The lowest BCUT2D eigenvalue weighted by Gasteiger charge is -2.35. The minimum absolute atomic E-state index is 0.299. The molecule has 26 heavy (non-hydrogen) atoms. The van der Waals surface area contributed by atoms with Crippen LogP contribution in [0.2, 0.25) is 0 Å². The van der Waals surface area contributed by atoms with E-state index in [1.54, 1.807) is 11.3 Å². The fourth-order valence-corrected chi connectivity index (χ4v) is 3.77. The highest BCUT2D eigenvalue weighted by atomic mass is 32.1. The first-order valence-corrected chi connectivity index (χ1v) is 9.99. The molecule has 0 bridgehead atoms. The summed E-state index contributed by atoms with van der Waals surface area (Å²) < 4.78 is 7.51. The van der Waals surface area contributed by atoms with E-state index >= 15 is 0 Å². The summed E-state index contributed by atoms with van der Waals surface area (Å²) in [5.41, 5.74) is 1.83. The Bertz CT molecular complexity index is 839. The summed E-state index contributed by atoms with van der Waals surface area (Å²) in [5, 5.41) is 17.5. The van der Waals surface area contributed by atoms with Crippen LogP contribution >= 0.6 is 11.3 Å². The van der Waals surface area contributed by atoms with Gasteiger partial charge in [-0.3, -0.25) is 4.90 Å².